The molecule has 0 heterocycles. The van der Waals surface area contributed by atoms with Gasteiger partial charge in [-0.25, -0.2) is 4.79 Å². The molecule has 1 N–H and O–H groups in total. The molecule has 0 radical (unpaired) electrons. The van der Waals surface area contributed by atoms with Crippen LogP contribution in [0.3, 0.4) is 0 Å². The molecule has 0 unspecified atom stereocenters. The van der Waals surface area contributed by atoms with Crippen LogP contribution in [-0.4, -0.2) is 17.7 Å². The molecule has 0 aliphatic rings. The molecule has 0 saturated carbocycles. The Morgan fingerprint density at radius 2 is 1.80 bits per heavy atom. The Bertz CT molecular complexity index is 481. The Hall–Kier alpha value is -1.51. The molecule has 0 aliphatic heterocycles. The third-order valence-electron chi connectivity index (χ3n) is 3.25. The molecule has 0 saturated heterocycles. The highest BCUT2D eigenvalue weighted by molar-refractivity contribution is 5.92. The van der Waals surface area contributed by atoms with Crippen molar-refractivity contribution in [2.75, 3.05) is 6.61 Å². The Labute approximate surface area is 122 Å². The topological polar surface area (TPSA) is 46.5 Å². The van der Waals surface area contributed by atoms with E-state index in [-0.39, 0.29) is 22.1 Å². The van der Waals surface area contributed by atoms with E-state index in [9.17, 15) is 9.90 Å². The van der Waals surface area contributed by atoms with Gasteiger partial charge in [0.15, 0.2) is 0 Å². The van der Waals surface area contributed by atoms with Crippen molar-refractivity contribution in [3.8, 4) is 5.75 Å². The summed E-state index contributed by atoms with van der Waals surface area (Å²) in [5.74, 6) is -0.503. The van der Waals surface area contributed by atoms with Gasteiger partial charge in [0.05, 0.1) is 6.61 Å². The number of carbonyl (C=O) groups is 1. The van der Waals surface area contributed by atoms with E-state index in [1.165, 1.54) is 0 Å². The number of aromatic hydroxyl groups is 1. The molecule has 3 heteroatoms. The maximum absolute atomic E-state index is 11.8. The van der Waals surface area contributed by atoms with Crippen molar-refractivity contribution in [1.29, 1.82) is 0 Å². The molecule has 0 atom stereocenters. The van der Waals surface area contributed by atoms with Gasteiger partial charge in [0.1, 0.15) is 11.3 Å². The normalized spacial score (nSPS) is 12.3. The highest BCUT2D eigenvalue weighted by Crippen LogP contribution is 2.37. The molecule has 3 nitrogen and oxygen atoms in total. The molecular weight excluding hydrogens is 252 g/mol. The van der Waals surface area contributed by atoms with E-state index in [2.05, 4.69) is 34.6 Å². The zero-order chi connectivity index (χ0) is 15.6. The van der Waals surface area contributed by atoms with Crippen molar-refractivity contribution in [3.05, 3.63) is 29.3 Å². The number of hydrogen-bond donors (Lipinski definition) is 1. The first-order valence-corrected chi connectivity index (χ1v) is 7.07. The summed E-state index contributed by atoms with van der Waals surface area (Å²) in [7, 11) is 0. The standard InChI is InChI=1S/C17H26O3/c1-7-20-15(19)13-10-12(8-9-14(13)18)17(5,6)11-16(2,3)4/h8-10,18H,7,11H2,1-6H3. The lowest BCUT2D eigenvalue weighted by atomic mass is 9.72. The SMILES string of the molecule is CCOC(=O)c1cc(C(C)(C)CC(C)(C)C)ccc1O. The van der Waals surface area contributed by atoms with Crippen molar-refractivity contribution in [2.45, 2.75) is 53.4 Å². The Morgan fingerprint density at radius 1 is 1.20 bits per heavy atom. The van der Waals surface area contributed by atoms with Crippen LogP contribution >= 0.6 is 0 Å². The van der Waals surface area contributed by atoms with E-state index in [1.54, 1.807) is 19.1 Å². The van der Waals surface area contributed by atoms with Crippen LogP contribution in [0.2, 0.25) is 0 Å². The van der Waals surface area contributed by atoms with Gasteiger partial charge in [-0.05, 0) is 41.9 Å². The maximum atomic E-state index is 11.8. The smallest absolute Gasteiger partial charge is 0.341 e. The van der Waals surface area contributed by atoms with Gasteiger partial charge in [-0.15, -0.1) is 0 Å². The van der Waals surface area contributed by atoms with Gasteiger partial charge < -0.3 is 9.84 Å². The van der Waals surface area contributed by atoms with Gasteiger partial charge in [-0.3, -0.25) is 0 Å². The summed E-state index contributed by atoms with van der Waals surface area (Å²) >= 11 is 0. The second-order valence-electron chi connectivity index (χ2n) is 7.07. The van der Waals surface area contributed by atoms with E-state index in [1.807, 2.05) is 6.07 Å². The fraction of sp³-hybridized carbons (Fsp3) is 0.588. The molecule has 0 amide bonds. The van der Waals surface area contributed by atoms with Crippen LogP contribution in [-0.2, 0) is 10.2 Å². The minimum Gasteiger partial charge on any atom is -0.507 e. The van der Waals surface area contributed by atoms with Crippen molar-refractivity contribution in [2.24, 2.45) is 5.41 Å². The van der Waals surface area contributed by atoms with E-state index >= 15 is 0 Å². The van der Waals surface area contributed by atoms with E-state index in [0.29, 0.717) is 6.61 Å². The van der Waals surface area contributed by atoms with Gasteiger partial charge >= 0.3 is 5.97 Å². The van der Waals surface area contributed by atoms with Crippen LogP contribution in [0.4, 0.5) is 0 Å². The fourth-order valence-corrected chi connectivity index (χ4v) is 2.76. The monoisotopic (exact) mass is 278 g/mol. The molecule has 0 aliphatic carbocycles. The largest absolute Gasteiger partial charge is 0.507 e. The number of phenols is 1. The minimum absolute atomic E-state index is 0.0289. The Morgan fingerprint density at radius 3 is 2.30 bits per heavy atom. The number of hydrogen-bond acceptors (Lipinski definition) is 3. The number of benzene rings is 1. The van der Waals surface area contributed by atoms with Crippen LogP contribution in [0.15, 0.2) is 18.2 Å². The predicted octanol–water partition coefficient (Wildman–Crippen LogP) is 4.28. The zero-order valence-electron chi connectivity index (χ0n) is 13.4. The molecule has 1 rings (SSSR count). The molecule has 0 spiro atoms. The summed E-state index contributed by atoms with van der Waals surface area (Å²) in [6, 6.07) is 5.20. The summed E-state index contributed by atoms with van der Waals surface area (Å²) in [4.78, 5) is 11.8. The summed E-state index contributed by atoms with van der Waals surface area (Å²) in [6.07, 6.45) is 0.979. The Balaban J connectivity index is 3.14. The van der Waals surface area contributed by atoms with Gasteiger partial charge in [0.2, 0.25) is 0 Å². The van der Waals surface area contributed by atoms with Crippen LogP contribution in [0.5, 0.6) is 5.75 Å². The van der Waals surface area contributed by atoms with Crippen molar-refractivity contribution in [3.63, 3.8) is 0 Å². The first-order valence-electron chi connectivity index (χ1n) is 7.07. The Kier molecular flexibility index (Phi) is 4.85. The molecule has 112 valence electrons. The molecule has 20 heavy (non-hydrogen) atoms. The summed E-state index contributed by atoms with van der Waals surface area (Å²) in [5.41, 5.74) is 1.39. The van der Waals surface area contributed by atoms with E-state index in [4.69, 9.17) is 4.74 Å². The first-order chi connectivity index (χ1) is 9.07. The zero-order valence-corrected chi connectivity index (χ0v) is 13.4. The third-order valence-corrected chi connectivity index (χ3v) is 3.25. The van der Waals surface area contributed by atoms with Crippen LogP contribution < -0.4 is 0 Å². The lowest BCUT2D eigenvalue weighted by molar-refractivity contribution is 0.0523. The molecular formula is C17H26O3. The highest BCUT2D eigenvalue weighted by atomic mass is 16.5. The average Bonchev–Trinajstić information content (AvgIpc) is 2.26. The second kappa shape index (κ2) is 5.86. The predicted molar refractivity (Wildman–Crippen MR) is 81.2 cm³/mol. The number of esters is 1. The molecule has 0 bridgehead atoms. The van der Waals surface area contributed by atoms with E-state index < -0.39 is 5.97 Å². The first kappa shape index (κ1) is 16.5. The van der Waals surface area contributed by atoms with Gasteiger partial charge in [-0.2, -0.15) is 0 Å². The summed E-state index contributed by atoms with van der Waals surface area (Å²) in [5, 5.41) is 9.83. The molecule has 0 fully saturated rings. The lowest BCUT2D eigenvalue weighted by Gasteiger charge is -2.33. The number of ether oxygens (including phenoxy) is 1. The van der Waals surface area contributed by atoms with Crippen LogP contribution in [0, 0.1) is 5.41 Å². The third kappa shape index (κ3) is 4.26. The van der Waals surface area contributed by atoms with Crippen molar-refractivity contribution >= 4 is 5.97 Å². The minimum atomic E-state index is -0.474. The van der Waals surface area contributed by atoms with Crippen molar-refractivity contribution in [1.82, 2.24) is 0 Å². The van der Waals surface area contributed by atoms with Crippen LogP contribution in [0.25, 0.3) is 0 Å². The molecule has 1 aromatic carbocycles. The second-order valence-corrected chi connectivity index (χ2v) is 7.07. The van der Waals surface area contributed by atoms with Gasteiger partial charge in [0.25, 0.3) is 0 Å². The van der Waals surface area contributed by atoms with Gasteiger partial charge in [-0.1, -0.05) is 40.7 Å². The fourth-order valence-electron chi connectivity index (χ4n) is 2.76. The lowest BCUT2D eigenvalue weighted by Crippen LogP contribution is -2.25. The molecule has 0 aromatic heterocycles. The molecule has 1 aromatic rings. The van der Waals surface area contributed by atoms with Gasteiger partial charge in [0, 0.05) is 0 Å². The summed E-state index contributed by atoms with van der Waals surface area (Å²) < 4.78 is 4.98. The van der Waals surface area contributed by atoms with Crippen molar-refractivity contribution < 1.29 is 14.6 Å². The number of phenolic OH excluding ortho intramolecular Hbond substituents is 1. The maximum Gasteiger partial charge on any atom is 0.341 e. The summed E-state index contributed by atoms with van der Waals surface area (Å²) in [6.45, 7) is 12.9. The number of rotatable bonds is 4. The van der Waals surface area contributed by atoms with E-state index in [0.717, 1.165) is 12.0 Å². The van der Waals surface area contributed by atoms with Crippen LogP contribution in [0.1, 0.15) is 63.9 Å². The highest BCUT2D eigenvalue weighted by Gasteiger charge is 2.28. The quantitative estimate of drug-likeness (QED) is 0.836. The average molecular weight is 278 g/mol. The number of carbonyl (C=O) groups excluding carboxylic acids is 1.